The summed E-state index contributed by atoms with van der Waals surface area (Å²) in [5, 5.41) is 1.72. The second kappa shape index (κ2) is 9.10. The first-order chi connectivity index (χ1) is 15.7. The maximum absolute atomic E-state index is 13.0. The molecule has 6 nitrogen and oxygen atoms in total. The predicted octanol–water partition coefficient (Wildman–Crippen LogP) is 3.13. The fraction of sp³-hybridized carbons (Fsp3) is 0.308. The molecule has 2 aliphatic heterocycles. The van der Waals surface area contributed by atoms with Gasteiger partial charge < -0.3 is 4.74 Å². The van der Waals surface area contributed by atoms with Crippen LogP contribution in [0, 0.1) is 0 Å². The Hall–Kier alpha value is -3.22. The summed E-state index contributed by atoms with van der Waals surface area (Å²) in [4.78, 5) is 32.2. The maximum Gasteiger partial charge on any atom is 0.261 e. The average Bonchev–Trinajstić information content (AvgIpc) is 2.84. The van der Waals surface area contributed by atoms with Crippen LogP contribution in [0.5, 0.6) is 5.75 Å². The maximum atomic E-state index is 13.0. The minimum Gasteiger partial charge on any atom is -0.492 e. The molecular weight excluding hydrogens is 402 g/mol. The highest BCUT2D eigenvalue weighted by Gasteiger charge is 2.32. The van der Waals surface area contributed by atoms with Crippen molar-refractivity contribution in [2.45, 2.75) is 0 Å². The van der Waals surface area contributed by atoms with E-state index in [1.54, 1.807) is 0 Å². The number of imide groups is 1. The number of carbonyl (C=O) groups excluding carboxylic acids is 2. The Kier molecular flexibility index (Phi) is 5.88. The molecule has 2 heterocycles. The van der Waals surface area contributed by atoms with Crippen LogP contribution in [0.2, 0.25) is 0 Å². The highest BCUT2D eigenvalue weighted by Crippen LogP contribution is 2.29. The number of carbonyl (C=O) groups is 2. The molecule has 0 radical (unpaired) electrons. The van der Waals surface area contributed by atoms with Crippen molar-refractivity contribution in [2.75, 3.05) is 52.4 Å². The topological polar surface area (TPSA) is 53.1 Å². The van der Waals surface area contributed by atoms with Gasteiger partial charge in [-0.05, 0) is 29.7 Å². The Bertz CT molecular complexity index is 1070. The van der Waals surface area contributed by atoms with Crippen molar-refractivity contribution < 1.29 is 14.3 Å². The Morgan fingerprint density at radius 3 is 1.88 bits per heavy atom. The minimum atomic E-state index is -0.184. The van der Waals surface area contributed by atoms with Gasteiger partial charge >= 0.3 is 0 Å². The minimum absolute atomic E-state index is 0.184. The van der Waals surface area contributed by atoms with Gasteiger partial charge in [-0.25, -0.2) is 0 Å². The van der Waals surface area contributed by atoms with E-state index in [4.69, 9.17) is 4.74 Å². The number of rotatable bonds is 7. The van der Waals surface area contributed by atoms with Crippen LogP contribution in [0.15, 0.2) is 66.7 Å². The number of nitrogens with zero attached hydrogens (tertiary/aromatic N) is 3. The molecule has 0 N–H and O–H groups in total. The lowest BCUT2D eigenvalue weighted by atomic mass is 9.94. The summed E-state index contributed by atoms with van der Waals surface area (Å²) >= 11 is 0. The molecule has 0 saturated carbocycles. The largest absolute Gasteiger partial charge is 0.492 e. The van der Waals surface area contributed by atoms with Gasteiger partial charge in [-0.3, -0.25) is 24.3 Å². The summed E-state index contributed by atoms with van der Waals surface area (Å²) in [6.07, 6.45) is 0. The van der Waals surface area contributed by atoms with Crippen molar-refractivity contribution in [1.82, 2.24) is 14.7 Å². The Balaban J connectivity index is 1.13. The Morgan fingerprint density at radius 1 is 0.656 bits per heavy atom. The van der Waals surface area contributed by atoms with Crippen molar-refractivity contribution in [3.05, 3.63) is 77.9 Å². The van der Waals surface area contributed by atoms with Crippen molar-refractivity contribution in [3.63, 3.8) is 0 Å². The molecule has 32 heavy (non-hydrogen) atoms. The molecular formula is C26H27N3O3. The summed E-state index contributed by atoms with van der Waals surface area (Å²) in [5.41, 5.74) is 1.25. The number of para-hydroxylation sites is 1. The molecule has 0 aliphatic carbocycles. The van der Waals surface area contributed by atoms with E-state index >= 15 is 0 Å². The zero-order valence-corrected chi connectivity index (χ0v) is 18.1. The van der Waals surface area contributed by atoms with E-state index in [9.17, 15) is 9.59 Å². The van der Waals surface area contributed by atoms with Gasteiger partial charge in [0.1, 0.15) is 12.4 Å². The van der Waals surface area contributed by atoms with Gasteiger partial charge in [-0.2, -0.15) is 0 Å². The first-order valence-electron chi connectivity index (χ1n) is 11.2. The normalized spacial score (nSPS) is 17.2. The van der Waals surface area contributed by atoms with E-state index in [1.807, 2.05) is 66.7 Å². The summed E-state index contributed by atoms with van der Waals surface area (Å²) in [5.74, 6) is 0.534. The second-order valence-corrected chi connectivity index (χ2v) is 8.32. The van der Waals surface area contributed by atoms with Crippen LogP contribution in [0.3, 0.4) is 0 Å². The van der Waals surface area contributed by atoms with Gasteiger partial charge in [0.05, 0.1) is 0 Å². The molecule has 2 amide bonds. The van der Waals surface area contributed by atoms with Gasteiger partial charge in [0.15, 0.2) is 0 Å². The van der Waals surface area contributed by atoms with Gasteiger partial charge in [0.2, 0.25) is 0 Å². The van der Waals surface area contributed by atoms with Gasteiger partial charge in [-0.1, -0.05) is 42.5 Å². The molecule has 5 rings (SSSR count). The number of hydrogen-bond donors (Lipinski definition) is 0. The standard InChI is InChI=1S/C26H27N3O3/c30-25-22-10-4-6-20-7-5-11-23(24(20)22)26(31)29(25)17-16-27-12-14-28(15-13-27)18-19-32-21-8-2-1-3-9-21/h1-11H,12-19H2. The van der Waals surface area contributed by atoms with E-state index in [-0.39, 0.29) is 11.8 Å². The van der Waals surface area contributed by atoms with Crippen LogP contribution in [-0.2, 0) is 0 Å². The van der Waals surface area contributed by atoms with Gasteiger partial charge in [0.25, 0.3) is 11.8 Å². The van der Waals surface area contributed by atoms with Gasteiger partial charge in [-0.15, -0.1) is 0 Å². The summed E-state index contributed by atoms with van der Waals surface area (Å²) in [7, 11) is 0. The fourth-order valence-electron chi connectivity index (χ4n) is 4.57. The Morgan fingerprint density at radius 2 is 1.25 bits per heavy atom. The number of piperazine rings is 1. The lowest BCUT2D eigenvalue weighted by molar-refractivity contribution is 0.0568. The van der Waals surface area contributed by atoms with E-state index in [0.717, 1.165) is 49.2 Å². The molecule has 1 saturated heterocycles. The van der Waals surface area contributed by atoms with E-state index in [1.165, 1.54) is 4.90 Å². The van der Waals surface area contributed by atoms with Crippen LogP contribution >= 0.6 is 0 Å². The number of ether oxygens (including phenoxy) is 1. The third kappa shape index (κ3) is 4.11. The molecule has 0 aromatic heterocycles. The molecule has 3 aromatic rings. The molecule has 0 spiro atoms. The van der Waals surface area contributed by atoms with E-state index < -0.39 is 0 Å². The fourth-order valence-corrected chi connectivity index (χ4v) is 4.57. The number of benzene rings is 3. The third-order valence-electron chi connectivity index (χ3n) is 6.38. The molecule has 6 heteroatoms. The molecule has 0 atom stereocenters. The van der Waals surface area contributed by atoms with Crippen LogP contribution in [0.1, 0.15) is 20.7 Å². The third-order valence-corrected chi connectivity index (χ3v) is 6.38. The molecule has 0 unspecified atom stereocenters. The lowest BCUT2D eigenvalue weighted by Gasteiger charge is -2.36. The summed E-state index contributed by atoms with van der Waals surface area (Å²) in [6, 6.07) is 21.2. The van der Waals surface area contributed by atoms with Crippen LogP contribution in [-0.4, -0.2) is 78.9 Å². The van der Waals surface area contributed by atoms with Crippen LogP contribution in [0.25, 0.3) is 10.8 Å². The molecule has 2 aliphatic rings. The van der Waals surface area contributed by atoms with Crippen LogP contribution in [0.4, 0.5) is 0 Å². The van der Waals surface area contributed by atoms with Crippen molar-refractivity contribution in [3.8, 4) is 5.75 Å². The summed E-state index contributed by atoms with van der Waals surface area (Å²) < 4.78 is 5.80. The monoisotopic (exact) mass is 429 g/mol. The average molecular weight is 430 g/mol. The lowest BCUT2D eigenvalue weighted by Crippen LogP contribution is -2.50. The second-order valence-electron chi connectivity index (χ2n) is 8.32. The quantitative estimate of drug-likeness (QED) is 0.540. The van der Waals surface area contributed by atoms with Crippen molar-refractivity contribution >= 4 is 22.6 Å². The zero-order chi connectivity index (χ0) is 21.9. The smallest absolute Gasteiger partial charge is 0.261 e. The van der Waals surface area contributed by atoms with Crippen molar-refractivity contribution in [1.29, 1.82) is 0 Å². The number of hydrogen-bond acceptors (Lipinski definition) is 5. The predicted molar refractivity (Wildman–Crippen MR) is 124 cm³/mol. The first kappa shape index (κ1) is 20.7. The first-order valence-corrected chi connectivity index (χ1v) is 11.2. The highest BCUT2D eigenvalue weighted by molar-refractivity contribution is 6.25. The number of amides is 2. The zero-order valence-electron chi connectivity index (χ0n) is 18.1. The molecule has 1 fully saturated rings. The summed E-state index contributed by atoms with van der Waals surface area (Å²) in [6.45, 7) is 6.45. The molecule has 3 aromatic carbocycles. The van der Waals surface area contributed by atoms with E-state index in [0.29, 0.717) is 30.8 Å². The van der Waals surface area contributed by atoms with E-state index in [2.05, 4.69) is 9.80 Å². The van der Waals surface area contributed by atoms with Crippen LogP contribution < -0.4 is 4.74 Å². The molecule has 0 bridgehead atoms. The molecule has 164 valence electrons. The highest BCUT2D eigenvalue weighted by atomic mass is 16.5. The Labute approximate surface area is 188 Å². The van der Waals surface area contributed by atoms with Crippen molar-refractivity contribution in [2.24, 2.45) is 0 Å². The van der Waals surface area contributed by atoms with Gasteiger partial charge in [0, 0.05) is 62.3 Å². The SMILES string of the molecule is O=C1c2cccc3cccc(c23)C(=O)N1CCN1CCN(CCOc2ccccc2)CC1.